The number of alkyl halides is 3. The Balaban J connectivity index is 2.24. The Morgan fingerprint density at radius 1 is 1.38 bits per heavy atom. The van der Waals surface area contributed by atoms with Gasteiger partial charge in [0.15, 0.2) is 5.76 Å². The van der Waals surface area contributed by atoms with Crippen LogP contribution in [0.25, 0.3) is 0 Å². The highest BCUT2D eigenvalue weighted by Gasteiger charge is 2.31. The van der Waals surface area contributed by atoms with Gasteiger partial charge in [0.1, 0.15) is 4.99 Å². The quantitative estimate of drug-likeness (QED) is 0.848. The van der Waals surface area contributed by atoms with Crippen molar-refractivity contribution < 1.29 is 17.7 Å². The molecule has 1 aromatic carbocycles. The minimum absolute atomic E-state index is 0.114. The Hall–Kier alpha value is -2.09. The van der Waals surface area contributed by atoms with Crippen molar-refractivity contribution in [1.82, 2.24) is 5.16 Å². The first-order chi connectivity index (χ1) is 9.77. The van der Waals surface area contributed by atoms with Crippen LogP contribution in [0, 0.1) is 6.92 Å². The molecule has 0 saturated carbocycles. The lowest BCUT2D eigenvalue weighted by Gasteiger charge is -2.13. The minimum atomic E-state index is -4.44. The summed E-state index contributed by atoms with van der Waals surface area (Å²) in [5.41, 5.74) is 5.95. The van der Waals surface area contributed by atoms with Crippen LogP contribution >= 0.6 is 12.2 Å². The number of anilines is 1. The van der Waals surface area contributed by atoms with Crippen LogP contribution in [0.15, 0.2) is 28.8 Å². The number of nitrogens with two attached hydrogens (primary N) is 1. The molecular formula is C13H12F3N3OS. The maximum Gasteiger partial charge on any atom is 0.416 e. The van der Waals surface area contributed by atoms with Gasteiger partial charge >= 0.3 is 6.18 Å². The molecule has 21 heavy (non-hydrogen) atoms. The number of nitrogens with one attached hydrogen (secondary N) is 1. The van der Waals surface area contributed by atoms with E-state index in [1.807, 2.05) is 0 Å². The molecule has 1 aromatic heterocycles. The Labute approximate surface area is 124 Å². The molecule has 2 aromatic rings. The fourth-order valence-electron chi connectivity index (χ4n) is 1.76. The lowest BCUT2D eigenvalue weighted by Crippen LogP contribution is -2.15. The monoisotopic (exact) mass is 315 g/mol. The number of hydrogen-bond acceptors (Lipinski definition) is 4. The fraction of sp³-hybridized carbons (Fsp3) is 0.231. The molecular weight excluding hydrogens is 303 g/mol. The summed E-state index contributed by atoms with van der Waals surface area (Å²) in [6.45, 7) is 2.04. The number of aromatic nitrogens is 1. The Bertz CT molecular complexity index is 667. The van der Waals surface area contributed by atoms with E-state index in [0.717, 1.165) is 12.1 Å². The first-order valence-electron chi connectivity index (χ1n) is 5.94. The fourth-order valence-corrected chi connectivity index (χ4v) is 1.93. The Kier molecular flexibility index (Phi) is 4.17. The van der Waals surface area contributed by atoms with Crippen molar-refractivity contribution in [2.45, 2.75) is 19.6 Å². The van der Waals surface area contributed by atoms with Gasteiger partial charge in [0, 0.05) is 17.3 Å². The SMILES string of the molecule is Cc1cc(CNc2ccc(C(F)(F)F)cc2C(N)=S)on1. The molecule has 8 heteroatoms. The van der Waals surface area contributed by atoms with Crippen molar-refractivity contribution >= 4 is 22.9 Å². The summed E-state index contributed by atoms with van der Waals surface area (Å²) in [6.07, 6.45) is -4.44. The van der Waals surface area contributed by atoms with Crippen LogP contribution in [-0.4, -0.2) is 10.1 Å². The number of nitrogens with zero attached hydrogens (tertiary/aromatic N) is 1. The van der Waals surface area contributed by atoms with E-state index in [2.05, 4.69) is 10.5 Å². The molecule has 112 valence electrons. The van der Waals surface area contributed by atoms with Crippen LogP contribution in [-0.2, 0) is 12.7 Å². The molecule has 0 amide bonds. The highest BCUT2D eigenvalue weighted by atomic mass is 32.1. The van der Waals surface area contributed by atoms with Gasteiger partial charge in [0.2, 0.25) is 0 Å². The van der Waals surface area contributed by atoms with Gasteiger partial charge in [-0.3, -0.25) is 0 Å². The standard InChI is InChI=1S/C13H12F3N3OS/c1-7-4-9(20-19-7)6-18-11-3-2-8(13(14,15)16)5-10(11)12(17)21/h2-5,18H,6H2,1H3,(H2,17,21). The molecule has 3 N–H and O–H groups in total. The average molecular weight is 315 g/mol. The molecule has 2 rings (SSSR count). The first kappa shape index (κ1) is 15.3. The van der Waals surface area contributed by atoms with Gasteiger partial charge in [-0.25, -0.2) is 0 Å². The van der Waals surface area contributed by atoms with Crippen LogP contribution in [0.5, 0.6) is 0 Å². The van der Waals surface area contributed by atoms with Crippen LogP contribution < -0.4 is 11.1 Å². The molecule has 0 aliphatic carbocycles. The maximum absolute atomic E-state index is 12.7. The minimum Gasteiger partial charge on any atom is -0.389 e. The van der Waals surface area contributed by atoms with Crippen molar-refractivity contribution in [3.63, 3.8) is 0 Å². The summed E-state index contributed by atoms with van der Waals surface area (Å²) in [5, 5.41) is 6.65. The summed E-state index contributed by atoms with van der Waals surface area (Å²) in [5.74, 6) is 0.557. The third-order valence-electron chi connectivity index (χ3n) is 2.74. The van der Waals surface area contributed by atoms with E-state index in [0.29, 0.717) is 17.1 Å². The number of aryl methyl sites for hydroxylation is 1. The normalized spacial score (nSPS) is 11.4. The molecule has 0 aliphatic heterocycles. The number of thiocarbonyl (C=S) groups is 1. The molecule has 0 spiro atoms. The molecule has 0 bridgehead atoms. The van der Waals surface area contributed by atoms with Crippen molar-refractivity contribution in [2.24, 2.45) is 5.73 Å². The zero-order valence-electron chi connectivity index (χ0n) is 11.0. The van der Waals surface area contributed by atoms with Crippen LogP contribution in [0.2, 0.25) is 0 Å². The zero-order valence-corrected chi connectivity index (χ0v) is 11.8. The molecule has 0 aliphatic rings. The van der Waals surface area contributed by atoms with Crippen molar-refractivity contribution in [2.75, 3.05) is 5.32 Å². The maximum atomic E-state index is 12.7. The van der Waals surface area contributed by atoms with E-state index >= 15 is 0 Å². The number of rotatable bonds is 4. The van der Waals surface area contributed by atoms with E-state index in [4.69, 9.17) is 22.5 Å². The van der Waals surface area contributed by atoms with E-state index in [1.165, 1.54) is 6.07 Å². The van der Waals surface area contributed by atoms with Gasteiger partial charge in [-0.05, 0) is 25.1 Å². The zero-order chi connectivity index (χ0) is 15.6. The number of hydrogen-bond donors (Lipinski definition) is 2. The Morgan fingerprint density at radius 2 is 2.10 bits per heavy atom. The van der Waals surface area contributed by atoms with Crippen LogP contribution in [0.4, 0.5) is 18.9 Å². The Morgan fingerprint density at radius 3 is 2.62 bits per heavy atom. The highest BCUT2D eigenvalue weighted by molar-refractivity contribution is 7.80. The summed E-state index contributed by atoms with van der Waals surface area (Å²) in [4.78, 5) is -0.114. The van der Waals surface area contributed by atoms with Gasteiger partial charge in [0.05, 0.1) is 17.8 Å². The lowest BCUT2D eigenvalue weighted by atomic mass is 10.1. The molecule has 0 radical (unpaired) electrons. The second-order valence-electron chi connectivity index (χ2n) is 4.41. The van der Waals surface area contributed by atoms with E-state index < -0.39 is 11.7 Å². The van der Waals surface area contributed by atoms with Crippen molar-refractivity contribution in [1.29, 1.82) is 0 Å². The highest BCUT2D eigenvalue weighted by Crippen LogP contribution is 2.32. The second kappa shape index (κ2) is 5.72. The molecule has 0 atom stereocenters. The lowest BCUT2D eigenvalue weighted by molar-refractivity contribution is -0.137. The largest absolute Gasteiger partial charge is 0.416 e. The van der Waals surface area contributed by atoms with Gasteiger partial charge in [-0.2, -0.15) is 13.2 Å². The van der Waals surface area contributed by atoms with Gasteiger partial charge in [-0.1, -0.05) is 17.4 Å². The molecule has 4 nitrogen and oxygen atoms in total. The smallest absolute Gasteiger partial charge is 0.389 e. The molecule has 0 unspecified atom stereocenters. The summed E-state index contributed by atoms with van der Waals surface area (Å²) in [7, 11) is 0. The molecule has 1 heterocycles. The average Bonchev–Trinajstić information content (AvgIpc) is 2.80. The van der Waals surface area contributed by atoms with E-state index in [9.17, 15) is 13.2 Å². The topological polar surface area (TPSA) is 64.1 Å². The van der Waals surface area contributed by atoms with Gasteiger partial charge in [0.25, 0.3) is 0 Å². The first-order valence-corrected chi connectivity index (χ1v) is 6.35. The third kappa shape index (κ3) is 3.72. The molecule has 0 fully saturated rings. The second-order valence-corrected chi connectivity index (χ2v) is 4.85. The number of benzene rings is 1. The van der Waals surface area contributed by atoms with Gasteiger partial charge < -0.3 is 15.6 Å². The summed E-state index contributed by atoms with van der Waals surface area (Å²) >= 11 is 4.80. The van der Waals surface area contributed by atoms with Gasteiger partial charge in [-0.15, -0.1) is 0 Å². The number of halogens is 3. The summed E-state index contributed by atoms with van der Waals surface area (Å²) < 4.78 is 43.1. The van der Waals surface area contributed by atoms with Crippen LogP contribution in [0.3, 0.4) is 0 Å². The predicted octanol–water partition coefficient (Wildman–Crippen LogP) is 3.25. The van der Waals surface area contributed by atoms with Crippen LogP contribution in [0.1, 0.15) is 22.6 Å². The van der Waals surface area contributed by atoms with Crippen molar-refractivity contribution in [3.8, 4) is 0 Å². The van der Waals surface area contributed by atoms with E-state index in [-0.39, 0.29) is 17.1 Å². The molecule has 0 saturated heterocycles. The third-order valence-corrected chi connectivity index (χ3v) is 2.96. The van der Waals surface area contributed by atoms with Crippen molar-refractivity contribution in [3.05, 3.63) is 46.8 Å². The summed E-state index contributed by atoms with van der Waals surface area (Å²) in [6, 6.07) is 4.91. The van der Waals surface area contributed by atoms with E-state index in [1.54, 1.807) is 13.0 Å². The predicted molar refractivity (Wildman–Crippen MR) is 75.9 cm³/mol.